The zero-order valence-electron chi connectivity index (χ0n) is 6.01. The Bertz CT molecular complexity index is 139. The average molecular weight is 140 g/mol. The second kappa shape index (κ2) is 2.06. The Kier molecular flexibility index (Phi) is 1.31. The van der Waals surface area contributed by atoms with Gasteiger partial charge in [0.05, 0.1) is 5.60 Å². The van der Waals surface area contributed by atoms with Crippen molar-refractivity contribution in [2.24, 2.45) is 5.92 Å². The van der Waals surface area contributed by atoms with Crippen LogP contribution < -0.4 is 0 Å². The molecule has 0 bridgehead atoms. The summed E-state index contributed by atoms with van der Waals surface area (Å²) in [5.74, 6) is 0.304. The first kappa shape index (κ1) is 6.35. The van der Waals surface area contributed by atoms with Crippen molar-refractivity contribution >= 4 is 6.29 Å². The maximum atomic E-state index is 10.3. The maximum Gasteiger partial charge on any atom is 0.123 e. The van der Waals surface area contributed by atoms with Crippen LogP contribution >= 0.6 is 0 Å². The predicted molar refractivity (Wildman–Crippen MR) is 36.7 cm³/mol. The summed E-state index contributed by atoms with van der Waals surface area (Å²) in [6.07, 6.45) is 5.39. The van der Waals surface area contributed by atoms with Gasteiger partial charge in [0.1, 0.15) is 6.29 Å². The van der Waals surface area contributed by atoms with Gasteiger partial charge in [-0.2, -0.15) is 0 Å². The maximum absolute atomic E-state index is 10.3. The van der Waals surface area contributed by atoms with Gasteiger partial charge >= 0.3 is 0 Å². The molecule has 0 N–H and O–H groups in total. The third-order valence-electron chi connectivity index (χ3n) is 2.65. The molecule has 1 saturated carbocycles. The van der Waals surface area contributed by atoms with Crippen molar-refractivity contribution in [2.45, 2.75) is 31.3 Å². The van der Waals surface area contributed by atoms with E-state index >= 15 is 0 Å². The molecule has 56 valence electrons. The summed E-state index contributed by atoms with van der Waals surface area (Å²) in [6, 6.07) is 0. The highest BCUT2D eigenvalue weighted by atomic mass is 16.5. The van der Waals surface area contributed by atoms with Crippen molar-refractivity contribution in [3.8, 4) is 0 Å². The predicted octanol–water partition coefficient (Wildman–Crippen LogP) is 1.14. The van der Waals surface area contributed by atoms with Crippen LogP contribution in [0.15, 0.2) is 0 Å². The standard InChI is InChI=1S/C8H12O2/c9-6-7-4-8(5-7)2-1-3-10-8/h6-7H,1-5H2. The van der Waals surface area contributed by atoms with Gasteiger partial charge in [-0.3, -0.25) is 0 Å². The second-order valence-corrected chi connectivity index (χ2v) is 3.44. The second-order valence-electron chi connectivity index (χ2n) is 3.44. The van der Waals surface area contributed by atoms with Gasteiger partial charge < -0.3 is 9.53 Å². The fourth-order valence-electron chi connectivity index (χ4n) is 2.07. The Labute approximate surface area is 60.6 Å². The summed E-state index contributed by atoms with van der Waals surface area (Å²) in [5.41, 5.74) is 0.158. The number of carbonyl (C=O) groups excluding carboxylic acids is 1. The molecule has 0 radical (unpaired) electrons. The highest BCUT2D eigenvalue weighted by molar-refractivity contribution is 5.56. The lowest BCUT2D eigenvalue weighted by Gasteiger charge is -2.41. The number of hydrogen-bond donors (Lipinski definition) is 0. The molecule has 2 rings (SSSR count). The molecule has 2 fully saturated rings. The lowest BCUT2D eigenvalue weighted by Crippen LogP contribution is -2.43. The Hall–Kier alpha value is -0.370. The molecule has 1 heterocycles. The van der Waals surface area contributed by atoms with Crippen molar-refractivity contribution < 1.29 is 9.53 Å². The summed E-state index contributed by atoms with van der Waals surface area (Å²) in [6.45, 7) is 0.908. The van der Waals surface area contributed by atoms with Gasteiger partial charge in [-0.05, 0) is 25.7 Å². The molecule has 2 heteroatoms. The van der Waals surface area contributed by atoms with E-state index in [0.717, 1.165) is 25.7 Å². The van der Waals surface area contributed by atoms with E-state index in [4.69, 9.17) is 4.74 Å². The van der Waals surface area contributed by atoms with Crippen LogP contribution in [0.5, 0.6) is 0 Å². The Morgan fingerprint density at radius 2 is 2.30 bits per heavy atom. The molecule has 1 aliphatic heterocycles. The third-order valence-corrected chi connectivity index (χ3v) is 2.65. The zero-order chi connectivity index (χ0) is 7.03. The van der Waals surface area contributed by atoms with Crippen molar-refractivity contribution in [1.82, 2.24) is 0 Å². The summed E-state index contributed by atoms with van der Waals surface area (Å²) >= 11 is 0. The molecule has 0 amide bonds. The van der Waals surface area contributed by atoms with E-state index in [9.17, 15) is 4.79 Å². The quantitative estimate of drug-likeness (QED) is 0.510. The minimum Gasteiger partial charge on any atom is -0.375 e. The minimum absolute atomic E-state index is 0.158. The molecule has 2 aliphatic rings. The molecule has 1 aliphatic carbocycles. The lowest BCUT2D eigenvalue weighted by atomic mass is 9.70. The minimum atomic E-state index is 0.158. The van der Waals surface area contributed by atoms with E-state index in [1.165, 1.54) is 12.8 Å². The van der Waals surface area contributed by atoms with Gasteiger partial charge in [0.25, 0.3) is 0 Å². The largest absolute Gasteiger partial charge is 0.375 e. The van der Waals surface area contributed by atoms with Crippen molar-refractivity contribution in [3.63, 3.8) is 0 Å². The summed E-state index contributed by atoms with van der Waals surface area (Å²) < 4.78 is 5.55. The van der Waals surface area contributed by atoms with Crippen LogP contribution in [-0.4, -0.2) is 18.5 Å². The van der Waals surface area contributed by atoms with Crippen LogP contribution in [-0.2, 0) is 9.53 Å². The number of carbonyl (C=O) groups is 1. The van der Waals surface area contributed by atoms with Gasteiger partial charge in [-0.25, -0.2) is 0 Å². The third kappa shape index (κ3) is 0.788. The van der Waals surface area contributed by atoms with Crippen molar-refractivity contribution in [1.29, 1.82) is 0 Å². The topological polar surface area (TPSA) is 26.3 Å². The average Bonchev–Trinajstić information content (AvgIpc) is 2.30. The molecule has 0 atom stereocenters. The summed E-state index contributed by atoms with van der Waals surface area (Å²) in [5, 5.41) is 0. The van der Waals surface area contributed by atoms with E-state index in [1.807, 2.05) is 0 Å². The van der Waals surface area contributed by atoms with Crippen LogP contribution in [0.1, 0.15) is 25.7 Å². The highest BCUT2D eigenvalue weighted by Crippen LogP contribution is 2.46. The van der Waals surface area contributed by atoms with Gasteiger partial charge in [0.2, 0.25) is 0 Å². The SMILES string of the molecule is O=CC1CC2(CCCO2)C1. The molecule has 2 nitrogen and oxygen atoms in total. The monoisotopic (exact) mass is 140 g/mol. The molecule has 0 unspecified atom stereocenters. The van der Waals surface area contributed by atoms with E-state index in [0.29, 0.717) is 5.92 Å². The van der Waals surface area contributed by atoms with Gasteiger partial charge in [0, 0.05) is 12.5 Å². The van der Waals surface area contributed by atoms with Crippen LogP contribution in [0.25, 0.3) is 0 Å². The molecule has 1 saturated heterocycles. The fourth-order valence-corrected chi connectivity index (χ4v) is 2.07. The van der Waals surface area contributed by atoms with Gasteiger partial charge in [0.15, 0.2) is 0 Å². The zero-order valence-corrected chi connectivity index (χ0v) is 6.01. The number of hydrogen-bond acceptors (Lipinski definition) is 2. The van der Waals surface area contributed by atoms with Crippen LogP contribution in [0.3, 0.4) is 0 Å². The van der Waals surface area contributed by atoms with Gasteiger partial charge in [-0.15, -0.1) is 0 Å². The van der Waals surface area contributed by atoms with Crippen LogP contribution in [0.2, 0.25) is 0 Å². The van der Waals surface area contributed by atoms with Crippen LogP contribution in [0.4, 0.5) is 0 Å². The van der Waals surface area contributed by atoms with E-state index in [-0.39, 0.29) is 5.60 Å². The number of rotatable bonds is 1. The number of ether oxygens (including phenoxy) is 1. The normalized spacial score (nSPS) is 45.4. The molecule has 0 aromatic heterocycles. The molecular formula is C8H12O2. The van der Waals surface area contributed by atoms with E-state index in [1.54, 1.807) is 0 Å². The summed E-state index contributed by atoms with van der Waals surface area (Å²) in [4.78, 5) is 10.3. The lowest BCUT2D eigenvalue weighted by molar-refractivity contribution is -0.129. The first-order valence-corrected chi connectivity index (χ1v) is 3.94. The smallest absolute Gasteiger partial charge is 0.123 e. The van der Waals surface area contributed by atoms with Crippen molar-refractivity contribution in [2.75, 3.05) is 6.61 Å². The van der Waals surface area contributed by atoms with E-state index < -0.39 is 0 Å². The first-order chi connectivity index (χ1) is 4.85. The summed E-state index contributed by atoms with van der Waals surface area (Å²) in [7, 11) is 0. The molecule has 1 spiro atoms. The number of aldehydes is 1. The van der Waals surface area contributed by atoms with Crippen LogP contribution in [0, 0.1) is 5.92 Å². The fraction of sp³-hybridized carbons (Fsp3) is 0.875. The molecule has 10 heavy (non-hydrogen) atoms. The Morgan fingerprint density at radius 1 is 1.50 bits per heavy atom. The highest BCUT2D eigenvalue weighted by Gasteiger charge is 2.46. The molecule has 0 aromatic carbocycles. The molecular weight excluding hydrogens is 128 g/mol. The van der Waals surface area contributed by atoms with Crippen molar-refractivity contribution in [3.05, 3.63) is 0 Å². The van der Waals surface area contributed by atoms with Gasteiger partial charge in [-0.1, -0.05) is 0 Å². The van der Waals surface area contributed by atoms with E-state index in [2.05, 4.69) is 0 Å². The Morgan fingerprint density at radius 3 is 2.80 bits per heavy atom. The molecule has 0 aromatic rings. The Balaban J connectivity index is 1.92. The first-order valence-electron chi connectivity index (χ1n) is 3.94.